The summed E-state index contributed by atoms with van der Waals surface area (Å²) in [6.45, 7) is 13.8. The molecule has 0 aromatic carbocycles. The van der Waals surface area contributed by atoms with Crippen LogP contribution in [0, 0.1) is 5.92 Å². The van der Waals surface area contributed by atoms with Gasteiger partial charge in [-0.3, -0.25) is 0 Å². The van der Waals surface area contributed by atoms with E-state index in [0.29, 0.717) is 19.8 Å². The fourth-order valence-electron chi connectivity index (χ4n) is 2.46. The van der Waals surface area contributed by atoms with E-state index in [9.17, 15) is 0 Å². The molecule has 0 fully saturated rings. The maximum Gasteiger partial charge on any atom is 0.289 e. The zero-order valence-electron chi connectivity index (χ0n) is 14.0. The maximum absolute atomic E-state index is 5.83. The second-order valence-electron chi connectivity index (χ2n) is 4.95. The summed E-state index contributed by atoms with van der Waals surface area (Å²) in [5.74, 6) is -0.880. The van der Waals surface area contributed by atoms with Crippen LogP contribution in [0.4, 0.5) is 0 Å². The van der Waals surface area contributed by atoms with E-state index < -0.39 is 5.97 Å². The summed E-state index contributed by atoms with van der Waals surface area (Å²) in [4.78, 5) is 0. The van der Waals surface area contributed by atoms with Gasteiger partial charge in [-0.2, -0.15) is 0 Å². The van der Waals surface area contributed by atoms with E-state index in [4.69, 9.17) is 14.2 Å². The highest BCUT2D eigenvalue weighted by molar-refractivity contribution is 4.87. The van der Waals surface area contributed by atoms with Crippen LogP contribution in [-0.2, 0) is 14.2 Å². The molecule has 0 amide bonds. The largest absolute Gasteiger partial charge is 0.327 e. The molecular formula is C17H34O3. The van der Waals surface area contributed by atoms with Gasteiger partial charge < -0.3 is 14.2 Å². The van der Waals surface area contributed by atoms with Crippen LogP contribution in [0.5, 0.6) is 0 Å². The summed E-state index contributed by atoms with van der Waals surface area (Å²) in [5, 5.41) is 0. The maximum atomic E-state index is 5.83. The molecule has 20 heavy (non-hydrogen) atoms. The van der Waals surface area contributed by atoms with Gasteiger partial charge in [0.25, 0.3) is 5.97 Å². The van der Waals surface area contributed by atoms with E-state index >= 15 is 0 Å². The molecule has 0 spiro atoms. The topological polar surface area (TPSA) is 27.7 Å². The van der Waals surface area contributed by atoms with Gasteiger partial charge in [0.2, 0.25) is 0 Å². The van der Waals surface area contributed by atoms with Crippen molar-refractivity contribution in [3.63, 3.8) is 0 Å². The van der Waals surface area contributed by atoms with Gasteiger partial charge in [-0.15, -0.1) is 6.58 Å². The third-order valence-corrected chi connectivity index (χ3v) is 3.39. The molecule has 0 aliphatic heterocycles. The molecule has 120 valence electrons. The van der Waals surface area contributed by atoms with Crippen molar-refractivity contribution in [2.24, 2.45) is 5.92 Å². The van der Waals surface area contributed by atoms with Crippen molar-refractivity contribution in [2.75, 3.05) is 19.8 Å². The van der Waals surface area contributed by atoms with Gasteiger partial charge in [-0.05, 0) is 27.2 Å². The molecule has 0 aromatic heterocycles. The number of ether oxygens (including phenoxy) is 3. The zero-order valence-corrected chi connectivity index (χ0v) is 14.0. The summed E-state index contributed by atoms with van der Waals surface area (Å²) in [7, 11) is 0. The van der Waals surface area contributed by atoms with Crippen LogP contribution in [0.2, 0.25) is 0 Å². The Balaban J connectivity index is 4.57. The lowest BCUT2D eigenvalue weighted by molar-refractivity contribution is -0.395. The third-order valence-electron chi connectivity index (χ3n) is 3.39. The van der Waals surface area contributed by atoms with Crippen molar-refractivity contribution in [3.05, 3.63) is 12.7 Å². The molecule has 0 rings (SSSR count). The first-order chi connectivity index (χ1) is 9.70. The Labute approximate surface area is 125 Å². The van der Waals surface area contributed by atoms with Crippen LogP contribution in [-0.4, -0.2) is 25.8 Å². The number of hydrogen-bond acceptors (Lipinski definition) is 3. The van der Waals surface area contributed by atoms with E-state index in [2.05, 4.69) is 13.5 Å². The van der Waals surface area contributed by atoms with Crippen molar-refractivity contribution < 1.29 is 14.2 Å². The lowest BCUT2D eigenvalue weighted by atomic mass is 9.97. The molecule has 0 N–H and O–H groups in total. The normalized spacial score (nSPS) is 13.4. The standard InChI is InChI=1S/C17H34O3/c1-6-11-12-13-14-15-16(7-2)17(18-8-3,19-9-4)20-10-5/h7,16H,2,6,8-15H2,1,3-5H3. The highest BCUT2D eigenvalue weighted by Crippen LogP contribution is 2.31. The minimum absolute atomic E-state index is 0.0731. The van der Waals surface area contributed by atoms with Gasteiger partial charge in [0.05, 0.1) is 5.92 Å². The first-order valence-corrected chi connectivity index (χ1v) is 8.25. The number of unbranched alkanes of at least 4 members (excludes halogenated alkanes) is 4. The van der Waals surface area contributed by atoms with Gasteiger partial charge in [0.15, 0.2) is 0 Å². The zero-order chi connectivity index (χ0) is 15.3. The molecule has 3 nitrogen and oxygen atoms in total. The van der Waals surface area contributed by atoms with Crippen molar-refractivity contribution in [2.45, 2.75) is 72.2 Å². The van der Waals surface area contributed by atoms with Crippen molar-refractivity contribution in [1.82, 2.24) is 0 Å². The van der Waals surface area contributed by atoms with Gasteiger partial charge in [-0.25, -0.2) is 0 Å². The Morgan fingerprint density at radius 3 is 1.75 bits per heavy atom. The van der Waals surface area contributed by atoms with E-state index in [1.54, 1.807) is 0 Å². The minimum Gasteiger partial charge on any atom is -0.327 e. The van der Waals surface area contributed by atoms with Gasteiger partial charge in [0.1, 0.15) is 0 Å². The summed E-state index contributed by atoms with van der Waals surface area (Å²) in [6, 6.07) is 0. The average Bonchev–Trinajstić information content (AvgIpc) is 2.43. The van der Waals surface area contributed by atoms with Crippen molar-refractivity contribution in [3.8, 4) is 0 Å². The first kappa shape index (κ1) is 19.6. The molecule has 1 atom stereocenters. The molecule has 0 heterocycles. The molecule has 1 unspecified atom stereocenters. The van der Waals surface area contributed by atoms with E-state index in [-0.39, 0.29) is 5.92 Å². The van der Waals surface area contributed by atoms with Crippen LogP contribution in [0.25, 0.3) is 0 Å². The van der Waals surface area contributed by atoms with Crippen LogP contribution >= 0.6 is 0 Å². The Morgan fingerprint density at radius 1 is 0.850 bits per heavy atom. The number of hydrogen-bond donors (Lipinski definition) is 0. The van der Waals surface area contributed by atoms with E-state index in [0.717, 1.165) is 12.8 Å². The van der Waals surface area contributed by atoms with Crippen molar-refractivity contribution in [1.29, 1.82) is 0 Å². The lowest BCUT2D eigenvalue weighted by Gasteiger charge is -2.37. The summed E-state index contributed by atoms with van der Waals surface area (Å²) in [6.07, 6.45) is 9.20. The Bertz CT molecular complexity index is 211. The quantitative estimate of drug-likeness (QED) is 0.258. The number of rotatable bonds is 14. The van der Waals surface area contributed by atoms with Gasteiger partial charge in [0, 0.05) is 19.8 Å². The monoisotopic (exact) mass is 286 g/mol. The third kappa shape index (κ3) is 6.87. The molecule has 0 saturated heterocycles. The average molecular weight is 286 g/mol. The summed E-state index contributed by atoms with van der Waals surface area (Å²) in [5.41, 5.74) is 0. The fourth-order valence-corrected chi connectivity index (χ4v) is 2.46. The fraction of sp³-hybridized carbons (Fsp3) is 0.882. The molecule has 0 aromatic rings. The molecule has 0 aliphatic carbocycles. The van der Waals surface area contributed by atoms with E-state index in [1.165, 1.54) is 25.7 Å². The SMILES string of the molecule is C=CC(CCCCCCC)C(OCC)(OCC)OCC. The predicted octanol–water partition coefficient (Wildman–Crippen LogP) is 4.91. The predicted molar refractivity (Wildman–Crippen MR) is 84.7 cm³/mol. The first-order valence-electron chi connectivity index (χ1n) is 8.25. The Morgan fingerprint density at radius 2 is 1.35 bits per heavy atom. The highest BCUT2D eigenvalue weighted by Gasteiger charge is 2.40. The van der Waals surface area contributed by atoms with Crippen LogP contribution in [0.1, 0.15) is 66.2 Å². The molecule has 0 bridgehead atoms. The highest BCUT2D eigenvalue weighted by atomic mass is 16.9. The van der Waals surface area contributed by atoms with Crippen LogP contribution < -0.4 is 0 Å². The molecule has 3 heteroatoms. The van der Waals surface area contributed by atoms with Crippen LogP contribution in [0.3, 0.4) is 0 Å². The molecule has 0 saturated carbocycles. The van der Waals surface area contributed by atoms with Crippen LogP contribution in [0.15, 0.2) is 12.7 Å². The smallest absolute Gasteiger partial charge is 0.289 e. The molecule has 0 radical (unpaired) electrons. The van der Waals surface area contributed by atoms with Crippen molar-refractivity contribution >= 4 is 0 Å². The Kier molecular flexibility index (Phi) is 12.1. The van der Waals surface area contributed by atoms with E-state index in [1.807, 2.05) is 26.8 Å². The molecular weight excluding hydrogens is 252 g/mol. The second kappa shape index (κ2) is 12.4. The Hall–Kier alpha value is -0.380. The van der Waals surface area contributed by atoms with Gasteiger partial charge in [-0.1, -0.05) is 45.1 Å². The molecule has 0 aliphatic rings. The summed E-state index contributed by atoms with van der Waals surface area (Å²) < 4.78 is 17.5. The second-order valence-corrected chi connectivity index (χ2v) is 4.95. The minimum atomic E-state index is -0.954. The van der Waals surface area contributed by atoms with Gasteiger partial charge >= 0.3 is 0 Å². The summed E-state index contributed by atoms with van der Waals surface area (Å²) >= 11 is 0. The lowest BCUT2D eigenvalue weighted by Crippen LogP contribution is -2.46.